The van der Waals surface area contributed by atoms with Crippen LogP contribution in [0.4, 0.5) is 0 Å². The van der Waals surface area contributed by atoms with E-state index in [9.17, 15) is 8.42 Å². The average molecular weight is 272 g/mol. The minimum Gasteiger partial charge on any atom is -0.313 e. The van der Waals surface area contributed by atoms with Crippen LogP contribution in [-0.2, 0) is 16.6 Å². The number of hydrogen-bond acceptors (Lipinski definition) is 4. The standard InChI is InChI=1S/C11H20N4O2S/c1-3-6-12-7-10-8(2)13-14-11(10)18(16,17)15-9-4-5-9/h9,12,15H,3-7H2,1-2H3,(H,13,14). The normalized spacial score (nSPS) is 16.1. The number of rotatable bonds is 7. The van der Waals surface area contributed by atoms with Crippen molar-refractivity contribution in [3.8, 4) is 0 Å². The Kier molecular flexibility index (Phi) is 4.04. The largest absolute Gasteiger partial charge is 0.313 e. The zero-order valence-corrected chi connectivity index (χ0v) is 11.6. The third-order valence-corrected chi connectivity index (χ3v) is 4.41. The highest BCUT2D eigenvalue weighted by molar-refractivity contribution is 7.89. The van der Waals surface area contributed by atoms with Crippen LogP contribution in [0, 0.1) is 6.92 Å². The predicted octanol–water partition coefficient (Wildman–Crippen LogP) is 0.658. The molecule has 6 nitrogen and oxygen atoms in total. The van der Waals surface area contributed by atoms with Crippen molar-refractivity contribution in [2.45, 2.75) is 50.7 Å². The molecule has 0 bridgehead atoms. The molecule has 0 aliphatic heterocycles. The lowest BCUT2D eigenvalue weighted by Gasteiger charge is -2.07. The van der Waals surface area contributed by atoms with E-state index in [1.807, 2.05) is 6.92 Å². The van der Waals surface area contributed by atoms with E-state index in [1.165, 1.54) is 0 Å². The summed E-state index contributed by atoms with van der Waals surface area (Å²) in [5.74, 6) is 0. The van der Waals surface area contributed by atoms with Crippen LogP contribution in [-0.4, -0.2) is 31.2 Å². The highest BCUT2D eigenvalue weighted by Crippen LogP contribution is 2.23. The van der Waals surface area contributed by atoms with Crippen molar-refractivity contribution >= 4 is 10.0 Å². The van der Waals surface area contributed by atoms with Crippen molar-refractivity contribution < 1.29 is 8.42 Å². The minimum absolute atomic E-state index is 0.100. The van der Waals surface area contributed by atoms with Crippen molar-refractivity contribution in [1.82, 2.24) is 20.2 Å². The molecule has 1 aromatic rings. The summed E-state index contributed by atoms with van der Waals surface area (Å²) in [5, 5.41) is 10.0. The molecular formula is C11H20N4O2S. The van der Waals surface area contributed by atoms with Gasteiger partial charge in [0.25, 0.3) is 10.0 Å². The van der Waals surface area contributed by atoms with Crippen LogP contribution in [0.15, 0.2) is 5.03 Å². The van der Waals surface area contributed by atoms with Crippen LogP contribution < -0.4 is 10.0 Å². The van der Waals surface area contributed by atoms with Crippen LogP contribution >= 0.6 is 0 Å². The second-order valence-electron chi connectivity index (χ2n) is 4.70. The van der Waals surface area contributed by atoms with Crippen LogP contribution in [0.2, 0.25) is 0 Å². The van der Waals surface area contributed by atoms with Gasteiger partial charge in [-0.3, -0.25) is 5.10 Å². The third-order valence-electron chi connectivity index (χ3n) is 2.92. The molecule has 0 unspecified atom stereocenters. The van der Waals surface area contributed by atoms with Gasteiger partial charge in [0.15, 0.2) is 5.03 Å². The van der Waals surface area contributed by atoms with Crippen molar-refractivity contribution in [2.24, 2.45) is 0 Å². The zero-order valence-electron chi connectivity index (χ0n) is 10.8. The molecule has 1 fully saturated rings. The Bertz CT molecular complexity index is 505. The maximum Gasteiger partial charge on any atom is 0.260 e. The smallest absolute Gasteiger partial charge is 0.260 e. The number of hydrogen-bond donors (Lipinski definition) is 3. The summed E-state index contributed by atoms with van der Waals surface area (Å²) in [4.78, 5) is 0. The Morgan fingerprint density at radius 1 is 1.44 bits per heavy atom. The van der Waals surface area contributed by atoms with Gasteiger partial charge in [-0.1, -0.05) is 6.92 Å². The number of aromatic nitrogens is 2. The lowest BCUT2D eigenvalue weighted by atomic mass is 10.2. The van der Waals surface area contributed by atoms with Gasteiger partial charge < -0.3 is 5.32 Å². The highest BCUT2D eigenvalue weighted by atomic mass is 32.2. The monoisotopic (exact) mass is 272 g/mol. The first-order valence-electron chi connectivity index (χ1n) is 6.31. The van der Waals surface area contributed by atoms with Crippen LogP contribution in [0.3, 0.4) is 0 Å². The molecule has 1 aromatic heterocycles. The molecule has 0 saturated heterocycles. The van der Waals surface area contributed by atoms with Crippen molar-refractivity contribution in [2.75, 3.05) is 6.54 Å². The minimum atomic E-state index is -3.48. The summed E-state index contributed by atoms with van der Waals surface area (Å²) in [7, 11) is -3.48. The number of aryl methyl sites for hydroxylation is 1. The van der Waals surface area contributed by atoms with E-state index in [0.29, 0.717) is 6.54 Å². The lowest BCUT2D eigenvalue weighted by molar-refractivity contribution is 0.573. The highest BCUT2D eigenvalue weighted by Gasteiger charge is 2.31. The Balaban J connectivity index is 2.16. The van der Waals surface area contributed by atoms with Gasteiger partial charge in [-0.15, -0.1) is 0 Å². The van der Waals surface area contributed by atoms with E-state index >= 15 is 0 Å². The van der Waals surface area contributed by atoms with Gasteiger partial charge in [0.05, 0.1) is 0 Å². The fourth-order valence-electron chi connectivity index (χ4n) is 1.73. The van der Waals surface area contributed by atoms with E-state index in [1.54, 1.807) is 0 Å². The van der Waals surface area contributed by atoms with E-state index in [2.05, 4.69) is 27.2 Å². The van der Waals surface area contributed by atoms with Gasteiger partial charge >= 0.3 is 0 Å². The summed E-state index contributed by atoms with van der Waals surface area (Å²) >= 11 is 0. The molecule has 0 aromatic carbocycles. The molecule has 0 radical (unpaired) electrons. The summed E-state index contributed by atoms with van der Waals surface area (Å²) in [6.45, 7) is 5.30. The molecule has 0 amide bonds. The second kappa shape index (κ2) is 5.38. The molecule has 0 spiro atoms. The maximum atomic E-state index is 12.1. The van der Waals surface area contributed by atoms with E-state index in [-0.39, 0.29) is 11.1 Å². The molecule has 18 heavy (non-hydrogen) atoms. The van der Waals surface area contributed by atoms with Crippen molar-refractivity contribution in [3.63, 3.8) is 0 Å². The quantitative estimate of drug-likeness (QED) is 0.636. The van der Waals surface area contributed by atoms with Gasteiger partial charge in [-0.25, -0.2) is 13.1 Å². The number of nitrogens with zero attached hydrogens (tertiary/aromatic N) is 1. The van der Waals surface area contributed by atoms with Gasteiger partial charge in [-0.2, -0.15) is 5.10 Å². The molecule has 3 N–H and O–H groups in total. The fraction of sp³-hybridized carbons (Fsp3) is 0.727. The first-order valence-corrected chi connectivity index (χ1v) is 7.79. The van der Waals surface area contributed by atoms with Gasteiger partial charge in [-0.05, 0) is 32.7 Å². The van der Waals surface area contributed by atoms with Crippen molar-refractivity contribution in [3.05, 3.63) is 11.3 Å². The molecule has 0 atom stereocenters. The van der Waals surface area contributed by atoms with Gasteiger partial charge in [0.2, 0.25) is 0 Å². The Hall–Kier alpha value is -0.920. The van der Waals surface area contributed by atoms with Crippen molar-refractivity contribution in [1.29, 1.82) is 0 Å². The summed E-state index contributed by atoms with van der Waals surface area (Å²) < 4.78 is 26.9. The average Bonchev–Trinajstić information content (AvgIpc) is 3.02. The zero-order chi connectivity index (χ0) is 13.2. The first kappa shape index (κ1) is 13.5. The predicted molar refractivity (Wildman–Crippen MR) is 68.7 cm³/mol. The van der Waals surface area contributed by atoms with Gasteiger partial charge in [0.1, 0.15) is 0 Å². The second-order valence-corrected chi connectivity index (χ2v) is 6.33. The Morgan fingerprint density at radius 2 is 2.17 bits per heavy atom. The summed E-state index contributed by atoms with van der Waals surface area (Å²) in [5.41, 5.74) is 1.53. The first-order chi connectivity index (χ1) is 8.54. The fourth-order valence-corrected chi connectivity index (χ4v) is 3.23. The van der Waals surface area contributed by atoms with Gasteiger partial charge in [0, 0.05) is 23.8 Å². The van der Waals surface area contributed by atoms with Crippen LogP contribution in [0.25, 0.3) is 0 Å². The molecule has 1 aliphatic rings. The number of aromatic amines is 1. The molecule has 1 aliphatic carbocycles. The SMILES string of the molecule is CCCNCc1c(S(=O)(=O)NC2CC2)n[nH]c1C. The lowest BCUT2D eigenvalue weighted by Crippen LogP contribution is -2.28. The molecule has 1 heterocycles. The molecular weight excluding hydrogens is 252 g/mol. The third kappa shape index (κ3) is 3.09. The molecule has 2 rings (SSSR count). The van der Waals surface area contributed by atoms with Crippen LogP contribution in [0.1, 0.15) is 37.4 Å². The summed E-state index contributed by atoms with van der Waals surface area (Å²) in [6.07, 6.45) is 2.86. The Morgan fingerprint density at radius 3 is 2.78 bits per heavy atom. The Labute approximate surface area is 108 Å². The molecule has 102 valence electrons. The van der Waals surface area contributed by atoms with Crippen LogP contribution in [0.5, 0.6) is 0 Å². The molecule has 1 saturated carbocycles. The van der Waals surface area contributed by atoms with E-state index < -0.39 is 10.0 Å². The number of nitrogens with one attached hydrogen (secondary N) is 3. The topological polar surface area (TPSA) is 86.9 Å². The van der Waals surface area contributed by atoms with E-state index in [4.69, 9.17) is 0 Å². The van der Waals surface area contributed by atoms with E-state index in [0.717, 1.165) is 37.1 Å². The summed E-state index contributed by atoms with van der Waals surface area (Å²) in [6, 6.07) is 0.100. The number of sulfonamides is 1. The molecule has 7 heteroatoms. The number of H-pyrrole nitrogens is 1. The maximum absolute atomic E-state index is 12.1.